The fourth-order valence-corrected chi connectivity index (χ4v) is 2.74. The van der Waals surface area contributed by atoms with Crippen molar-refractivity contribution in [3.8, 4) is 11.5 Å². The van der Waals surface area contributed by atoms with Crippen LogP contribution in [0.3, 0.4) is 0 Å². The van der Waals surface area contributed by atoms with Crippen molar-refractivity contribution < 1.29 is 14.3 Å². The lowest BCUT2D eigenvalue weighted by Crippen LogP contribution is -2.35. The van der Waals surface area contributed by atoms with E-state index in [0.717, 1.165) is 11.3 Å². The van der Waals surface area contributed by atoms with E-state index in [0.29, 0.717) is 17.9 Å². The number of pyridine rings is 1. The van der Waals surface area contributed by atoms with Gasteiger partial charge in [-0.2, -0.15) is 0 Å². The van der Waals surface area contributed by atoms with E-state index in [1.807, 2.05) is 37.2 Å². The van der Waals surface area contributed by atoms with E-state index >= 15 is 0 Å². The van der Waals surface area contributed by atoms with Gasteiger partial charge in [0.25, 0.3) is 5.91 Å². The minimum Gasteiger partial charge on any atom is -0.454 e. The van der Waals surface area contributed by atoms with Crippen LogP contribution < -0.4 is 20.3 Å². The van der Waals surface area contributed by atoms with Crippen molar-refractivity contribution in [3.05, 3.63) is 58.0 Å². The van der Waals surface area contributed by atoms with Gasteiger partial charge >= 0.3 is 0 Å². The molecular weight excluding hydrogens is 322 g/mol. The quantitative estimate of drug-likeness (QED) is 0.882. The molecule has 0 saturated carbocycles. The van der Waals surface area contributed by atoms with Crippen LogP contribution in [0.5, 0.6) is 11.5 Å². The molecule has 0 saturated heterocycles. The molecule has 3 rings (SSSR count). The van der Waals surface area contributed by atoms with E-state index in [1.165, 1.54) is 22.9 Å². The van der Waals surface area contributed by atoms with E-state index in [4.69, 9.17) is 9.47 Å². The zero-order chi connectivity index (χ0) is 18.0. The maximum Gasteiger partial charge on any atom is 0.252 e. The second-order valence-electron chi connectivity index (χ2n) is 6.17. The smallest absolute Gasteiger partial charge is 0.252 e. The third-order valence-corrected chi connectivity index (χ3v) is 4.21. The number of nitrogens with one attached hydrogen (secondary N) is 1. The Morgan fingerprint density at radius 1 is 1.24 bits per heavy atom. The van der Waals surface area contributed by atoms with Crippen molar-refractivity contribution >= 4 is 5.91 Å². The first kappa shape index (κ1) is 17.0. The fraction of sp³-hybridized carbons (Fsp3) is 0.333. The van der Waals surface area contributed by atoms with Crippen LogP contribution >= 0.6 is 0 Å². The highest BCUT2D eigenvalue weighted by Crippen LogP contribution is 2.34. The first-order valence-corrected chi connectivity index (χ1v) is 7.96. The Balaban J connectivity index is 1.73. The summed E-state index contributed by atoms with van der Waals surface area (Å²) in [5.74, 6) is 1.23. The summed E-state index contributed by atoms with van der Waals surface area (Å²) < 4.78 is 12.2. The van der Waals surface area contributed by atoms with Gasteiger partial charge in [-0.3, -0.25) is 9.59 Å². The van der Waals surface area contributed by atoms with Gasteiger partial charge in [-0.25, -0.2) is 0 Å². The summed E-state index contributed by atoms with van der Waals surface area (Å²) in [7, 11) is 5.52. The average Bonchev–Trinajstić information content (AvgIpc) is 3.04. The van der Waals surface area contributed by atoms with E-state index in [1.54, 1.807) is 7.05 Å². The molecule has 7 nitrogen and oxygen atoms in total. The molecule has 132 valence electrons. The van der Waals surface area contributed by atoms with Crippen LogP contribution in [0.4, 0.5) is 0 Å². The molecule has 2 heterocycles. The Morgan fingerprint density at radius 3 is 2.72 bits per heavy atom. The van der Waals surface area contributed by atoms with Crippen LogP contribution in [0.2, 0.25) is 0 Å². The predicted molar refractivity (Wildman–Crippen MR) is 93.0 cm³/mol. The number of rotatable bonds is 5. The average molecular weight is 343 g/mol. The van der Waals surface area contributed by atoms with Gasteiger partial charge in [-0.1, -0.05) is 6.07 Å². The van der Waals surface area contributed by atoms with Gasteiger partial charge in [0, 0.05) is 25.9 Å². The second kappa shape index (κ2) is 6.98. The highest BCUT2D eigenvalue weighted by Gasteiger charge is 2.20. The number of benzene rings is 1. The molecule has 1 aromatic heterocycles. The molecular formula is C18H21N3O4. The summed E-state index contributed by atoms with van der Waals surface area (Å²) in [6.07, 6.45) is 1.53. The number of hydrogen-bond acceptors (Lipinski definition) is 5. The molecule has 1 aliphatic rings. The van der Waals surface area contributed by atoms with Crippen LogP contribution in [0.25, 0.3) is 0 Å². The molecule has 0 bridgehead atoms. The number of carbonyl (C=O) groups is 1. The Morgan fingerprint density at radius 2 is 2.00 bits per heavy atom. The molecule has 1 aromatic carbocycles. The van der Waals surface area contributed by atoms with Gasteiger partial charge in [0.1, 0.15) is 0 Å². The Kier molecular flexibility index (Phi) is 4.76. The predicted octanol–water partition coefficient (Wildman–Crippen LogP) is 1.15. The summed E-state index contributed by atoms with van der Waals surface area (Å²) in [5, 5.41) is 2.93. The van der Waals surface area contributed by atoms with Gasteiger partial charge in [0.2, 0.25) is 12.4 Å². The van der Waals surface area contributed by atoms with Crippen LogP contribution in [-0.4, -0.2) is 42.8 Å². The summed E-state index contributed by atoms with van der Waals surface area (Å²) in [6, 6.07) is 8.68. The molecule has 1 amide bonds. The number of likely N-dealkylation sites (N-methyl/N-ethyl adjacent to an activating group) is 1. The molecule has 0 fully saturated rings. The van der Waals surface area contributed by atoms with Crippen molar-refractivity contribution in [1.29, 1.82) is 0 Å². The summed E-state index contributed by atoms with van der Waals surface area (Å²) in [6.45, 7) is 0.656. The summed E-state index contributed by atoms with van der Waals surface area (Å²) >= 11 is 0. The van der Waals surface area contributed by atoms with Crippen molar-refractivity contribution in [2.75, 3.05) is 27.4 Å². The van der Waals surface area contributed by atoms with Gasteiger partial charge in [0.15, 0.2) is 11.5 Å². The second-order valence-corrected chi connectivity index (χ2v) is 6.17. The monoisotopic (exact) mass is 343 g/mol. The standard InChI is InChI=1S/C18H21N3O4/c1-20(2)14(12-4-6-15-16(8-12)25-11-24-15)9-19-18(23)13-5-7-17(22)21(3)10-13/h4-8,10,14H,9,11H2,1-3H3,(H,19,23)/t14-/m1/s1. The number of ether oxygens (including phenoxy) is 2. The van der Waals surface area contributed by atoms with Crippen molar-refractivity contribution in [2.45, 2.75) is 6.04 Å². The van der Waals surface area contributed by atoms with E-state index in [-0.39, 0.29) is 24.3 Å². The summed E-state index contributed by atoms with van der Waals surface area (Å²) in [4.78, 5) is 25.8. The number of nitrogens with zero attached hydrogens (tertiary/aromatic N) is 2. The Labute approximate surface area is 145 Å². The van der Waals surface area contributed by atoms with E-state index in [9.17, 15) is 9.59 Å². The lowest BCUT2D eigenvalue weighted by Gasteiger charge is -2.25. The summed E-state index contributed by atoms with van der Waals surface area (Å²) in [5.41, 5.74) is 1.32. The molecule has 0 aliphatic carbocycles. The zero-order valence-corrected chi connectivity index (χ0v) is 14.5. The highest BCUT2D eigenvalue weighted by molar-refractivity contribution is 5.93. The normalized spacial score (nSPS) is 13.8. The first-order chi connectivity index (χ1) is 12.0. The number of amides is 1. The minimum absolute atomic E-state index is 0.0222. The number of fused-ring (bicyclic) bond motifs is 1. The van der Waals surface area contributed by atoms with Crippen molar-refractivity contribution in [3.63, 3.8) is 0 Å². The lowest BCUT2D eigenvalue weighted by molar-refractivity contribution is 0.0941. The van der Waals surface area contributed by atoms with Crippen LogP contribution in [0.15, 0.2) is 41.3 Å². The van der Waals surface area contributed by atoms with Gasteiger partial charge in [-0.15, -0.1) is 0 Å². The van der Waals surface area contributed by atoms with Crippen LogP contribution in [-0.2, 0) is 7.05 Å². The molecule has 25 heavy (non-hydrogen) atoms. The fourth-order valence-electron chi connectivity index (χ4n) is 2.74. The topological polar surface area (TPSA) is 72.8 Å². The zero-order valence-electron chi connectivity index (χ0n) is 14.5. The van der Waals surface area contributed by atoms with Gasteiger partial charge < -0.3 is 24.3 Å². The third-order valence-electron chi connectivity index (χ3n) is 4.21. The number of hydrogen-bond donors (Lipinski definition) is 1. The maximum absolute atomic E-state index is 12.4. The van der Waals surface area contributed by atoms with Crippen LogP contribution in [0.1, 0.15) is 22.0 Å². The van der Waals surface area contributed by atoms with E-state index in [2.05, 4.69) is 5.32 Å². The SMILES string of the molecule is CN(C)[C@H](CNC(=O)c1ccc(=O)n(C)c1)c1ccc2c(c1)OCO2. The molecule has 2 aromatic rings. The maximum atomic E-state index is 12.4. The molecule has 0 unspecified atom stereocenters. The number of aryl methyl sites for hydroxylation is 1. The minimum atomic E-state index is -0.219. The third kappa shape index (κ3) is 3.66. The molecule has 0 spiro atoms. The van der Waals surface area contributed by atoms with Crippen LogP contribution in [0, 0.1) is 0 Å². The van der Waals surface area contributed by atoms with Crippen molar-refractivity contribution in [2.24, 2.45) is 7.05 Å². The van der Waals surface area contributed by atoms with Crippen molar-refractivity contribution in [1.82, 2.24) is 14.8 Å². The van der Waals surface area contributed by atoms with E-state index < -0.39 is 0 Å². The molecule has 1 atom stereocenters. The Hall–Kier alpha value is -2.80. The molecule has 1 aliphatic heterocycles. The molecule has 1 N–H and O–H groups in total. The van der Waals surface area contributed by atoms with Gasteiger partial charge in [0.05, 0.1) is 11.6 Å². The molecule has 0 radical (unpaired) electrons. The first-order valence-electron chi connectivity index (χ1n) is 7.96. The number of carbonyl (C=O) groups excluding carboxylic acids is 1. The highest BCUT2D eigenvalue weighted by atomic mass is 16.7. The largest absolute Gasteiger partial charge is 0.454 e. The lowest BCUT2D eigenvalue weighted by atomic mass is 10.0. The molecule has 7 heteroatoms. The number of aromatic nitrogens is 1. The Bertz CT molecular complexity index is 844. The van der Waals surface area contributed by atoms with Gasteiger partial charge in [-0.05, 0) is 37.9 Å².